The molecular formula is C20H16ClFN2O3S. The van der Waals surface area contributed by atoms with E-state index >= 15 is 0 Å². The quantitative estimate of drug-likeness (QED) is 0.620. The number of rotatable bonds is 6. The van der Waals surface area contributed by atoms with E-state index in [1.54, 1.807) is 36.4 Å². The third-order valence-electron chi connectivity index (χ3n) is 3.85. The molecule has 144 valence electrons. The number of hydrogen-bond donors (Lipinski definition) is 2. The van der Waals surface area contributed by atoms with Crippen molar-refractivity contribution in [3.05, 3.63) is 89.2 Å². The fraction of sp³-hybridized carbons (Fsp3) is 0.0500. The monoisotopic (exact) mass is 418 g/mol. The van der Waals surface area contributed by atoms with Gasteiger partial charge in [-0.1, -0.05) is 41.9 Å². The molecule has 3 aromatic rings. The summed E-state index contributed by atoms with van der Waals surface area (Å²) in [7, 11) is -3.75. The number of halogens is 2. The number of benzene rings is 3. The van der Waals surface area contributed by atoms with Crippen molar-refractivity contribution < 1.29 is 17.6 Å². The van der Waals surface area contributed by atoms with Crippen LogP contribution in [-0.4, -0.2) is 14.3 Å². The van der Waals surface area contributed by atoms with Crippen LogP contribution >= 0.6 is 11.6 Å². The maximum atomic E-state index is 13.8. The molecule has 0 heterocycles. The first-order chi connectivity index (χ1) is 13.3. The number of carbonyl (C=O) groups excluding carboxylic acids is 1. The smallest absolute Gasteiger partial charge is 0.261 e. The van der Waals surface area contributed by atoms with Crippen molar-refractivity contribution >= 4 is 38.9 Å². The van der Waals surface area contributed by atoms with Crippen LogP contribution in [0.5, 0.6) is 0 Å². The summed E-state index contributed by atoms with van der Waals surface area (Å²) in [5.41, 5.74) is 0.749. The molecule has 0 aliphatic carbocycles. The minimum absolute atomic E-state index is 0.0996. The van der Waals surface area contributed by atoms with Gasteiger partial charge >= 0.3 is 0 Å². The minimum Gasteiger partial charge on any atom is -0.326 e. The van der Waals surface area contributed by atoms with Crippen LogP contribution in [0.4, 0.5) is 15.8 Å². The van der Waals surface area contributed by atoms with Crippen molar-refractivity contribution in [1.82, 2.24) is 0 Å². The molecule has 3 rings (SSSR count). The summed E-state index contributed by atoms with van der Waals surface area (Å²) in [6.07, 6.45) is -0.245. The first-order valence-electron chi connectivity index (χ1n) is 8.26. The second-order valence-corrected chi connectivity index (χ2v) is 8.01. The Morgan fingerprint density at radius 3 is 2.32 bits per heavy atom. The number of amides is 1. The molecule has 0 aliphatic rings. The second-order valence-electron chi connectivity index (χ2n) is 5.92. The Bertz CT molecular complexity index is 1090. The van der Waals surface area contributed by atoms with Gasteiger partial charge in [0, 0.05) is 16.3 Å². The summed E-state index contributed by atoms with van der Waals surface area (Å²) >= 11 is 5.94. The summed E-state index contributed by atoms with van der Waals surface area (Å²) in [6.45, 7) is 0. The van der Waals surface area contributed by atoms with E-state index in [4.69, 9.17) is 11.6 Å². The maximum absolute atomic E-state index is 13.8. The molecule has 0 unspecified atom stereocenters. The molecule has 0 atom stereocenters. The molecule has 0 bridgehead atoms. The van der Waals surface area contributed by atoms with Gasteiger partial charge in [-0.3, -0.25) is 9.52 Å². The highest BCUT2D eigenvalue weighted by atomic mass is 35.5. The fourth-order valence-corrected chi connectivity index (χ4v) is 3.84. The highest BCUT2D eigenvalue weighted by Crippen LogP contribution is 2.22. The van der Waals surface area contributed by atoms with E-state index in [1.165, 1.54) is 36.4 Å². The zero-order valence-corrected chi connectivity index (χ0v) is 16.1. The van der Waals surface area contributed by atoms with Gasteiger partial charge in [0.25, 0.3) is 10.0 Å². The van der Waals surface area contributed by atoms with Crippen molar-refractivity contribution in [3.63, 3.8) is 0 Å². The molecule has 28 heavy (non-hydrogen) atoms. The maximum Gasteiger partial charge on any atom is 0.261 e. The zero-order chi connectivity index (χ0) is 20.1. The van der Waals surface area contributed by atoms with Crippen LogP contribution in [0.15, 0.2) is 77.7 Å². The molecule has 0 spiro atoms. The predicted molar refractivity (Wildman–Crippen MR) is 107 cm³/mol. The topological polar surface area (TPSA) is 75.3 Å². The third kappa shape index (κ3) is 4.88. The van der Waals surface area contributed by atoms with Gasteiger partial charge in [0.05, 0.1) is 17.0 Å². The Balaban J connectivity index is 1.72. The number of sulfonamides is 1. The van der Waals surface area contributed by atoms with E-state index in [9.17, 15) is 17.6 Å². The number of anilines is 2. The molecule has 0 saturated heterocycles. The summed E-state index contributed by atoms with van der Waals surface area (Å²) < 4.78 is 41.1. The van der Waals surface area contributed by atoms with Crippen LogP contribution in [0.25, 0.3) is 0 Å². The Morgan fingerprint density at radius 1 is 0.929 bits per heavy atom. The average Bonchev–Trinajstić information content (AvgIpc) is 2.65. The van der Waals surface area contributed by atoms with Crippen molar-refractivity contribution in [1.29, 1.82) is 0 Å². The first kappa shape index (κ1) is 19.9. The van der Waals surface area contributed by atoms with Crippen LogP contribution in [-0.2, 0) is 21.2 Å². The predicted octanol–water partition coefficient (Wildman–Crippen LogP) is 4.46. The van der Waals surface area contributed by atoms with E-state index < -0.39 is 21.7 Å². The van der Waals surface area contributed by atoms with Crippen molar-refractivity contribution in [2.24, 2.45) is 0 Å². The molecule has 5 nitrogen and oxygen atoms in total. The van der Waals surface area contributed by atoms with E-state index in [0.717, 1.165) is 0 Å². The molecular weight excluding hydrogens is 403 g/mol. The molecule has 0 fully saturated rings. The average molecular weight is 419 g/mol. The minimum atomic E-state index is -3.75. The van der Waals surface area contributed by atoms with E-state index in [1.807, 2.05) is 0 Å². The lowest BCUT2D eigenvalue weighted by Gasteiger charge is -2.11. The van der Waals surface area contributed by atoms with Gasteiger partial charge in [-0.25, -0.2) is 12.8 Å². The van der Waals surface area contributed by atoms with Gasteiger partial charge in [0.15, 0.2) is 0 Å². The zero-order valence-electron chi connectivity index (χ0n) is 14.5. The summed E-state index contributed by atoms with van der Waals surface area (Å²) in [5.74, 6) is -1.04. The Kier molecular flexibility index (Phi) is 5.96. The fourth-order valence-electron chi connectivity index (χ4n) is 2.54. The number of hydrogen-bond acceptors (Lipinski definition) is 3. The molecule has 2 N–H and O–H groups in total. The van der Waals surface area contributed by atoms with Crippen molar-refractivity contribution in [2.45, 2.75) is 11.3 Å². The van der Waals surface area contributed by atoms with Gasteiger partial charge in [0.1, 0.15) is 5.82 Å². The first-order valence-corrected chi connectivity index (χ1v) is 10.1. The molecule has 1 amide bonds. The largest absolute Gasteiger partial charge is 0.326 e. The van der Waals surface area contributed by atoms with Crippen LogP contribution in [0.3, 0.4) is 0 Å². The molecule has 0 aliphatic heterocycles. The second kappa shape index (κ2) is 8.41. The lowest BCUT2D eigenvalue weighted by atomic mass is 10.1. The van der Waals surface area contributed by atoms with Crippen molar-refractivity contribution in [2.75, 3.05) is 10.0 Å². The SMILES string of the molecule is O=C(Cc1c(F)cccc1Cl)Nc1cccc(NS(=O)(=O)c2ccccc2)c1. The molecule has 0 saturated carbocycles. The third-order valence-corrected chi connectivity index (χ3v) is 5.60. The summed E-state index contributed by atoms with van der Waals surface area (Å²) in [6, 6.07) is 18.3. The van der Waals surface area contributed by atoms with Crippen LogP contribution in [0, 0.1) is 5.82 Å². The van der Waals surface area contributed by atoms with Gasteiger partial charge in [-0.05, 0) is 42.5 Å². The summed E-state index contributed by atoms with van der Waals surface area (Å²) in [5, 5.41) is 2.78. The van der Waals surface area contributed by atoms with Gasteiger partial charge in [-0.15, -0.1) is 0 Å². The van der Waals surface area contributed by atoms with Gasteiger partial charge in [-0.2, -0.15) is 0 Å². The Labute approximate surface area is 167 Å². The van der Waals surface area contributed by atoms with E-state index in [-0.39, 0.29) is 27.6 Å². The van der Waals surface area contributed by atoms with Gasteiger partial charge < -0.3 is 5.32 Å². The van der Waals surface area contributed by atoms with E-state index in [2.05, 4.69) is 10.0 Å². The molecule has 8 heteroatoms. The van der Waals surface area contributed by atoms with E-state index in [0.29, 0.717) is 5.69 Å². The Morgan fingerprint density at radius 2 is 1.61 bits per heavy atom. The molecule has 3 aromatic carbocycles. The van der Waals surface area contributed by atoms with Crippen molar-refractivity contribution in [3.8, 4) is 0 Å². The van der Waals surface area contributed by atoms with Gasteiger partial charge in [0.2, 0.25) is 5.91 Å². The molecule has 0 aromatic heterocycles. The van der Waals surface area contributed by atoms with Crippen LogP contribution in [0.1, 0.15) is 5.56 Å². The summed E-state index contributed by atoms with van der Waals surface area (Å²) in [4.78, 5) is 12.4. The standard InChI is InChI=1S/C20H16ClFN2O3S/c21-18-10-5-11-19(22)17(18)13-20(25)23-14-6-4-7-15(12-14)24-28(26,27)16-8-2-1-3-9-16/h1-12,24H,13H2,(H,23,25). The number of carbonyl (C=O) groups is 1. The Hall–Kier alpha value is -2.90. The lowest BCUT2D eigenvalue weighted by Crippen LogP contribution is -2.16. The van der Waals surface area contributed by atoms with Crippen LogP contribution in [0.2, 0.25) is 5.02 Å². The highest BCUT2D eigenvalue weighted by molar-refractivity contribution is 7.92. The highest BCUT2D eigenvalue weighted by Gasteiger charge is 2.15. The number of nitrogens with one attached hydrogen (secondary N) is 2. The molecule has 0 radical (unpaired) electrons. The normalized spacial score (nSPS) is 11.1. The lowest BCUT2D eigenvalue weighted by molar-refractivity contribution is -0.115. The van der Waals surface area contributed by atoms with Crippen LogP contribution < -0.4 is 10.0 Å².